The summed E-state index contributed by atoms with van der Waals surface area (Å²) >= 11 is 0. The van der Waals surface area contributed by atoms with Crippen molar-refractivity contribution in [3.8, 4) is 0 Å². The van der Waals surface area contributed by atoms with Gasteiger partial charge < -0.3 is 5.32 Å². The van der Waals surface area contributed by atoms with E-state index in [0.29, 0.717) is 4.31 Å². The topological polar surface area (TPSA) is 83.6 Å². The van der Waals surface area contributed by atoms with Gasteiger partial charge in [0, 0.05) is 5.69 Å². The first kappa shape index (κ1) is 20.8. The third-order valence-electron chi connectivity index (χ3n) is 4.80. The minimum Gasteiger partial charge on any atom is -0.325 e. The minimum absolute atomic E-state index is 0.00995. The molecule has 0 fully saturated rings. The van der Waals surface area contributed by atoms with Crippen LogP contribution < -0.4 is 5.32 Å². The highest BCUT2D eigenvalue weighted by Crippen LogP contribution is 2.40. The zero-order valence-corrected chi connectivity index (χ0v) is 16.3. The fourth-order valence-electron chi connectivity index (χ4n) is 2.85. The van der Waals surface area contributed by atoms with Crippen LogP contribution in [0.5, 0.6) is 0 Å². The molecule has 0 saturated carbocycles. The van der Waals surface area contributed by atoms with Gasteiger partial charge in [-0.1, -0.05) is 24.3 Å². The molecule has 29 heavy (non-hydrogen) atoms. The molecule has 2 amide bonds. The number of benzene rings is 2. The van der Waals surface area contributed by atoms with Crippen LogP contribution in [0.25, 0.3) is 0 Å². The van der Waals surface area contributed by atoms with Gasteiger partial charge in [-0.25, -0.2) is 12.7 Å². The van der Waals surface area contributed by atoms with Gasteiger partial charge in [0.1, 0.15) is 11.4 Å². The second-order valence-electron chi connectivity index (χ2n) is 7.06. The fraction of sp³-hybridized carbons (Fsp3) is 0.263. The van der Waals surface area contributed by atoms with E-state index in [0.717, 1.165) is 13.8 Å². The van der Waals surface area contributed by atoms with Crippen LogP contribution in [0, 0.1) is 0 Å². The van der Waals surface area contributed by atoms with E-state index < -0.39 is 40.0 Å². The molecule has 154 valence electrons. The third-order valence-corrected chi connectivity index (χ3v) is 6.59. The number of anilines is 1. The lowest BCUT2D eigenvalue weighted by Gasteiger charge is -2.28. The van der Waals surface area contributed by atoms with E-state index in [1.165, 1.54) is 48.5 Å². The second kappa shape index (κ2) is 6.87. The molecule has 10 heteroatoms. The summed E-state index contributed by atoms with van der Waals surface area (Å²) in [6.07, 6.45) is -4.45. The number of amides is 2. The van der Waals surface area contributed by atoms with Crippen molar-refractivity contribution in [2.24, 2.45) is 0 Å². The van der Waals surface area contributed by atoms with Gasteiger partial charge in [-0.05, 0) is 43.7 Å². The van der Waals surface area contributed by atoms with Crippen LogP contribution in [0.2, 0.25) is 0 Å². The molecule has 1 N–H and O–H groups in total. The first-order valence-electron chi connectivity index (χ1n) is 8.49. The van der Waals surface area contributed by atoms with E-state index in [1.807, 2.05) is 0 Å². The summed E-state index contributed by atoms with van der Waals surface area (Å²) in [6.45, 7) is 1.34. The Morgan fingerprint density at radius 2 is 1.62 bits per heavy atom. The Labute approximate surface area is 165 Å². The van der Waals surface area contributed by atoms with Crippen molar-refractivity contribution >= 4 is 27.5 Å². The molecule has 2 aromatic carbocycles. The standard InChI is InChI=1S/C19H17F3N2O4S/c1-18(2,19(20,21)22)12-7-9-13(10-8-12)23-16(25)11-24-17(26)14-5-3-4-6-15(14)29(24,27)28/h3-10H,11H2,1-2H3,(H,23,25). The maximum atomic E-state index is 13.1. The smallest absolute Gasteiger partial charge is 0.325 e. The number of carbonyl (C=O) groups is 2. The van der Waals surface area contributed by atoms with Crippen molar-refractivity contribution in [1.29, 1.82) is 0 Å². The maximum Gasteiger partial charge on any atom is 0.397 e. The van der Waals surface area contributed by atoms with Gasteiger partial charge in [-0.2, -0.15) is 13.2 Å². The van der Waals surface area contributed by atoms with E-state index in [9.17, 15) is 31.2 Å². The normalized spacial score (nSPS) is 15.9. The Bertz CT molecular complexity index is 1080. The van der Waals surface area contributed by atoms with Gasteiger partial charge in [0.2, 0.25) is 5.91 Å². The molecule has 0 aromatic heterocycles. The average Bonchev–Trinajstić information content (AvgIpc) is 2.82. The zero-order valence-electron chi connectivity index (χ0n) is 15.4. The van der Waals surface area contributed by atoms with Crippen molar-refractivity contribution in [2.45, 2.75) is 30.3 Å². The van der Waals surface area contributed by atoms with Crippen LogP contribution in [0.3, 0.4) is 0 Å². The highest BCUT2D eigenvalue weighted by Gasteiger charge is 2.48. The van der Waals surface area contributed by atoms with E-state index in [2.05, 4.69) is 5.32 Å². The van der Waals surface area contributed by atoms with Crippen molar-refractivity contribution in [3.63, 3.8) is 0 Å². The molecule has 1 heterocycles. The summed E-state index contributed by atoms with van der Waals surface area (Å²) in [4.78, 5) is 24.4. The Balaban J connectivity index is 1.73. The predicted molar refractivity (Wildman–Crippen MR) is 98.8 cm³/mol. The molecule has 1 aliphatic heterocycles. The SMILES string of the molecule is CC(C)(c1ccc(NC(=O)CN2C(=O)c3ccccc3S2(=O)=O)cc1)C(F)(F)F. The number of sulfonamides is 1. The predicted octanol–water partition coefficient (Wildman–Crippen LogP) is 3.31. The van der Waals surface area contributed by atoms with Crippen LogP contribution in [0.1, 0.15) is 29.8 Å². The zero-order chi connectivity index (χ0) is 21.6. The molecular formula is C19H17F3N2O4S. The number of carbonyl (C=O) groups excluding carboxylic acids is 2. The largest absolute Gasteiger partial charge is 0.397 e. The van der Waals surface area contributed by atoms with Crippen LogP contribution in [-0.2, 0) is 20.2 Å². The molecule has 2 aromatic rings. The van der Waals surface area contributed by atoms with Crippen LogP contribution in [0.4, 0.5) is 18.9 Å². The van der Waals surface area contributed by atoms with E-state index >= 15 is 0 Å². The van der Waals surface area contributed by atoms with Crippen LogP contribution in [-0.4, -0.2) is 37.3 Å². The summed E-state index contributed by atoms with van der Waals surface area (Å²) in [5, 5.41) is 2.39. The Hall–Kier alpha value is -2.88. The molecule has 0 radical (unpaired) electrons. The summed E-state index contributed by atoms with van der Waals surface area (Å²) in [6, 6.07) is 10.7. The average molecular weight is 426 g/mol. The van der Waals surface area contributed by atoms with E-state index in [4.69, 9.17) is 0 Å². The molecule has 0 atom stereocenters. The van der Waals surface area contributed by atoms with Crippen molar-refractivity contribution in [3.05, 3.63) is 59.7 Å². The number of nitrogens with one attached hydrogen (secondary N) is 1. The second-order valence-corrected chi connectivity index (χ2v) is 8.89. The van der Waals surface area contributed by atoms with Gasteiger partial charge in [0.25, 0.3) is 15.9 Å². The summed E-state index contributed by atoms with van der Waals surface area (Å²) in [5.41, 5.74) is -1.90. The summed E-state index contributed by atoms with van der Waals surface area (Å²) in [7, 11) is -4.13. The fourth-order valence-corrected chi connectivity index (χ4v) is 4.38. The minimum atomic E-state index is -4.45. The lowest BCUT2D eigenvalue weighted by molar-refractivity contribution is -0.180. The lowest BCUT2D eigenvalue weighted by Crippen LogP contribution is -2.37. The number of alkyl halides is 3. The monoisotopic (exact) mass is 426 g/mol. The van der Waals surface area contributed by atoms with Gasteiger partial charge in [-0.15, -0.1) is 0 Å². The van der Waals surface area contributed by atoms with Crippen LogP contribution >= 0.6 is 0 Å². The number of rotatable bonds is 4. The van der Waals surface area contributed by atoms with Gasteiger partial charge in [0.05, 0.1) is 11.0 Å². The molecule has 3 rings (SSSR count). The van der Waals surface area contributed by atoms with Crippen molar-refractivity contribution < 1.29 is 31.2 Å². The molecule has 0 aliphatic carbocycles. The molecule has 0 spiro atoms. The van der Waals surface area contributed by atoms with Gasteiger partial charge in [0.15, 0.2) is 0 Å². The molecular weight excluding hydrogens is 409 g/mol. The first-order valence-corrected chi connectivity index (χ1v) is 9.93. The van der Waals surface area contributed by atoms with Crippen molar-refractivity contribution in [1.82, 2.24) is 4.31 Å². The van der Waals surface area contributed by atoms with Gasteiger partial charge in [-0.3, -0.25) is 9.59 Å². The third kappa shape index (κ3) is 3.59. The molecule has 6 nitrogen and oxygen atoms in total. The maximum absolute atomic E-state index is 13.1. The Morgan fingerprint density at radius 1 is 1.03 bits per heavy atom. The van der Waals surface area contributed by atoms with Gasteiger partial charge >= 0.3 is 6.18 Å². The Morgan fingerprint density at radius 3 is 2.17 bits per heavy atom. The van der Waals surface area contributed by atoms with E-state index in [1.54, 1.807) is 0 Å². The number of hydrogen-bond acceptors (Lipinski definition) is 4. The lowest BCUT2D eigenvalue weighted by atomic mass is 9.84. The molecule has 0 bridgehead atoms. The first-order chi connectivity index (χ1) is 13.4. The summed E-state index contributed by atoms with van der Waals surface area (Å²) < 4.78 is 64.7. The Kier molecular flexibility index (Phi) is 4.94. The van der Waals surface area contributed by atoms with Crippen molar-refractivity contribution in [2.75, 3.05) is 11.9 Å². The summed E-state index contributed by atoms with van der Waals surface area (Å²) in [5.74, 6) is -1.60. The highest BCUT2D eigenvalue weighted by molar-refractivity contribution is 7.90. The molecule has 0 saturated heterocycles. The quantitative estimate of drug-likeness (QED) is 0.813. The van der Waals surface area contributed by atoms with Crippen LogP contribution in [0.15, 0.2) is 53.4 Å². The molecule has 1 aliphatic rings. The van der Waals surface area contributed by atoms with E-state index in [-0.39, 0.29) is 21.7 Å². The number of hydrogen-bond donors (Lipinski definition) is 1. The number of nitrogens with zero attached hydrogens (tertiary/aromatic N) is 1. The number of fused-ring (bicyclic) bond motifs is 1. The molecule has 0 unspecified atom stereocenters. The highest BCUT2D eigenvalue weighted by atomic mass is 32.2. The number of halogens is 3.